The molecule has 108 valence electrons. The molecule has 0 aromatic heterocycles. The first-order chi connectivity index (χ1) is 9.39. The average molecular weight is 278 g/mol. The van der Waals surface area contributed by atoms with E-state index in [9.17, 15) is 20.0 Å². The van der Waals surface area contributed by atoms with E-state index in [1.54, 1.807) is 12.1 Å². The number of nitrogens with zero attached hydrogens (tertiary/aromatic N) is 2. The summed E-state index contributed by atoms with van der Waals surface area (Å²) in [4.78, 5) is 24.0. The predicted octanol–water partition coefficient (Wildman–Crippen LogP) is 2.59. The summed E-state index contributed by atoms with van der Waals surface area (Å²) in [5, 5.41) is 20.5. The normalized spacial score (nSPS) is 22.0. The van der Waals surface area contributed by atoms with E-state index in [4.69, 9.17) is 0 Å². The van der Waals surface area contributed by atoms with Gasteiger partial charge in [0.2, 0.25) is 0 Å². The highest BCUT2D eigenvalue weighted by Gasteiger charge is 2.44. The lowest BCUT2D eigenvalue weighted by atomic mass is 9.84. The molecule has 1 aliphatic rings. The molecule has 20 heavy (non-hydrogen) atoms. The molecule has 0 spiro atoms. The number of rotatable bonds is 4. The van der Waals surface area contributed by atoms with E-state index in [-0.39, 0.29) is 5.69 Å². The van der Waals surface area contributed by atoms with Crippen molar-refractivity contribution in [3.05, 3.63) is 33.9 Å². The molecular weight excluding hydrogens is 260 g/mol. The first-order valence-corrected chi connectivity index (χ1v) is 6.63. The molecule has 6 heteroatoms. The van der Waals surface area contributed by atoms with Crippen LogP contribution < -0.4 is 4.90 Å². The van der Waals surface area contributed by atoms with Gasteiger partial charge in [0.15, 0.2) is 0 Å². The molecule has 1 atom stereocenters. The highest BCUT2D eigenvalue weighted by atomic mass is 16.6. The van der Waals surface area contributed by atoms with Crippen LogP contribution in [0.3, 0.4) is 0 Å². The van der Waals surface area contributed by atoms with Crippen LogP contribution in [0.4, 0.5) is 11.4 Å². The molecule has 0 amide bonds. The second kappa shape index (κ2) is 5.11. The first kappa shape index (κ1) is 14.3. The van der Waals surface area contributed by atoms with Crippen LogP contribution in [-0.4, -0.2) is 29.1 Å². The summed E-state index contributed by atoms with van der Waals surface area (Å²) in [5.74, 6) is -0.821. The number of benzene rings is 1. The number of nitro benzene ring substituents is 1. The van der Waals surface area contributed by atoms with Crippen molar-refractivity contribution in [1.29, 1.82) is 0 Å². The first-order valence-electron chi connectivity index (χ1n) is 6.63. The van der Waals surface area contributed by atoms with Crippen LogP contribution in [0.25, 0.3) is 0 Å². The van der Waals surface area contributed by atoms with Crippen molar-refractivity contribution in [2.45, 2.75) is 26.7 Å². The summed E-state index contributed by atoms with van der Waals surface area (Å²) >= 11 is 0. The minimum atomic E-state index is -0.821. The maximum atomic E-state index is 11.5. The van der Waals surface area contributed by atoms with Gasteiger partial charge in [0.05, 0.1) is 10.3 Å². The van der Waals surface area contributed by atoms with Gasteiger partial charge in [0.1, 0.15) is 5.69 Å². The number of hydrogen-bond donors (Lipinski definition) is 1. The SMILES string of the molecule is CCC1(C(=O)O)CCN(c2cc(C)ccc2[N+](=O)[O-])C1. The van der Waals surface area contributed by atoms with Crippen LogP contribution in [0.2, 0.25) is 0 Å². The molecule has 1 saturated heterocycles. The molecule has 2 rings (SSSR count). The third kappa shape index (κ3) is 2.33. The fourth-order valence-electron chi connectivity index (χ4n) is 2.73. The Morgan fingerprint density at radius 3 is 2.75 bits per heavy atom. The molecule has 1 aromatic carbocycles. The van der Waals surface area contributed by atoms with Gasteiger partial charge in [0.25, 0.3) is 5.69 Å². The van der Waals surface area contributed by atoms with Crippen LogP contribution in [0, 0.1) is 22.5 Å². The van der Waals surface area contributed by atoms with E-state index in [0.29, 0.717) is 31.6 Å². The van der Waals surface area contributed by atoms with Crippen molar-refractivity contribution in [3.8, 4) is 0 Å². The highest BCUT2D eigenvalue weighted by molar-refractivity contribution is 5.77. The molecule has 1 unspecified atom stereocenters. The summed E-state index contributed by atoms with van der Waals surface area (Å²) in [7, 11) is 0. The molecule has 1 aliphatic heterocycles. The van der Waals surface area contributed by atoms with Crippen LogP contribution in [0.1, 0.15) is 25.3 Å². The van der Waals surface area contributed by atoms with E-state index < -0.39 is 16.3 Å². The van der Waals surface area contributed by atoms with E-state index in [1.807, 2.05) is 18.7 Å². The maximum Gasteiger partial charge on any atom is 0.311 e. The minimum Gasteiger partial charge on any atom is -0.481 e. The van der Waals surface area contributed by atoms with Crippen LogP contribution in [0.5, 0.6) is 0 Å². The third-order valence-electron chi connectivity index (χ3n) is 4.15. The topological polar surface area (TPSA) is 83.7 Å². The van der Waals surface area contributed by atoms with Crippen LogP contribution >= 0.6 is 0 Å². The van der Waals surface area contributed by atoms with Gasteiger partial charge < -0.3 is 10.0 Å². The summed E-state index contributed by atoms with van der Waals surface area (Å²) in [5.41, 5.74) is 0.687. The number of hydrogen-bond acceptors (Lipinski definition) is 4. The van der Waals surface area contributed by atoms with E-state index in [0.717, 1.165) is 5.56 Å². The molecule has 6 nitrogen and oxygen atoms in total. The van der Waals surface area contributed by atoms with Gasteiger partial charge in [-0.25, -0.2) is 0 Å². The van der Waals surface area contributed by atoms with E-state index >= 15 is 0 Å². The van der Waals surface area contributed by atoms with Gasteiger partial charge in [-0.2, -0.15) is 0 Å². The predicted molar refractivity (Wildman–Crippen MR) is 75.0 cm³/mol. The molecule has 1 heterocycles. The number of carbonyl (C=O) groups is 1. The Morgan fingerprint density at radius 1 is 1.55 bits per heavy atom. The average Bonchev–Trinajstić information content (AvgIpc) is 2.83. The Bertz CT molecular complexity index is 558. The summed E-state index contributed by atoms with van der Waals surface area (Å²) in [6.45, 7) is 4.57. The fraction of sp³-hybridized carbons (Fsp3) is 0.500. The van der Waals surface area contributed by atoms with Crippen LogP contribution in [-0.2, 0) is 4.79 Å². The standard InChI is InChI=1S/C14H18N2O4/c1-3-14(13(17)18)6-7-15(9-14)12-8-10(2)4-5-11(12)16(19)20/h4-5,8H,3,6-7,9H2,1-2H3,(H,17,18). The smallest absolute Gasteiger partial charge is 0.311 e. The van der Waals surface area contributed by atoms with Gasteiger partial charge in [0, 0.05) is 19.2 Å². The number of aliphatic carboxylic acids is 1. The number of carboxylic acid groups (broad SMARTS) is 1. The lowest BCUT2D eigenvalue weighted by molar-refractivity contribution is -0.384. The van der Waals surface area contributed by atoms with Crippen LogP contribution in [0.15, 0.2) is 18.2 Å². The van der Waals surface area contributed by atoms with Gasteiger partial charge in [-0.05, 0) is 31.4 Å². The minimum absolute atomic E-state index is 0.0351. The number of carboxylic acids is 1. The third-order valence-corrected chi connectivity index (χ3v) is 4.15. The Balaban J connectivity index is 2.37. The number of nitro groups is 1. The van der Waals surface area contributed by atoms with Crippen molar-refractivity contribution >= 4 is 17.3 Å². The van der Waals surface area contributed by atoms with E-state index in [1.165, 1.54) is 6.07 Å². The zero-order valence-corrected chi connectivity index (χ0v) is 11.6. The zero-order chi connectivity index (χ0) is 14.9. The van der Waals surface area contributed by atoms with Gasteiger partial charge in [-0.1, -0.05) is 13.0 Å². The summed E-state index contributed by atoms with van der Waals surface area (Å²) < 4.78 is 0. The molecule has 0 saturated carbocycles. The molecule has 0 radical (unpaired) electrons. The fourth-order valence-corrected chi connectivity index (χ4v) is 2.73. The lowest BCUT2D eigenvalue weighted by Gasteiger charge is -2.24. The Morgan fingerprint density at radius 2 is 2.25 bits per heavy atom. The molecule has 0 aliphatic carbocycles. The van der Waals surface area contributed by atoms with Gasteiger partial charge in [-0.3, -0.25) is 14.9 Å². The zero-order valence-electron chi connectivity index (χ0n) is 11.6. The Kier molecular flexibility index (Phi) is 3.65. The lowest BCUT2D eigenvalue weighted by Crippen LogP contribution is -2.34. The maximum absolute atomic E-state index is 11.5. The summed E-state index contributed by atoms with van der Waals surface area (Å²) in [6.07, 6.45) is 1.04. The quantitative estimate of drug-likeness (QED) is 0.676. The monoisotopic (exact) mass is 278 g/mol. The number of anilines is 1. The number of aryl methyl sites for hydroxylation is 1. The Hall–Kier alpha value is -2.11. The van der Waals surface area contributed by atoms with E-state index in [2.05, 4.69) is 0 Å². The van der Waals surface area contributed by atoms with Gasteiger partial charge in [-0.15, -0.1) is 0 Å². The molecule has 1 fully saturated rings. The van der Waals surface area contributed by atoms with Crippen molar-refractivity contribution in [2.75, 3.05) is 18.0 Å². The summed E-state index contributed by atoms with van der Waals surface area (Å²) in [6, 6.07) is 4.94. The molecule has 1 N–H and O–H groups in total. The second-order valence-corrected chi connectivity index (χ2v) is 5.36. The largest absolute Gasteiger partial charge is 0.481 e. The van der Waals surface area contributed by atoms with Crippen molar-refractivity contribution in [1.82, 2.24) is 0 Å². The molecule has 1 aromatic rings. The molecular formula is C14H18N2O4. The van der Waals surface area contributed by atoms with Crippen molar-refractivity contribution in [3.63, 3.8) is 0 Å². The second-order valence-electron chi connectivity index (χ2n) is 5.36. The van der Waals surface area contributed by atoms with Crippen molar-refractivity contribution in [2.24, 2.45) is 5.41 Å². The van der Waals surface area contributed by atoms with Gasteiger partial charge >= 0.3 is 5.97 Å². The Labute approximate surface area is 117 Å². The van der Waals surface area contributed by atoms with Crippen molar-refractivity contribution < 1.29 is 14.8 Å². The highest BCUT2D eigenvalue weighted by Crippen LogP contribution is 2.40. The molecule has 0 bridgehead atoms.